The molecule has 0 aromatic heterocycles. The van der Waals surface area contributed by atoms with Crippen molar-refractivity contribution in [1.29, 1.82) is 0 Å². The summed E-state index contributed by atoms with van der Waals surface area (Å²) in [5, 5.41) is 0. The van der Waals surface area contributed by atoms with Crippen LogP contribution in [0.5, 0.6) is 0 Å². The standard InChI is InChI=1S/C7H15N.H3N/c1-6-2-4-7(8)5-3-6;/h6-7H,2-5,8H2,1H3;1H3. The molecule has 0 radical (unpaired) electrons. The molecule has 0 amide bonds. The van der Waals surface area contributed by atoms with Crippen molar-refractivity contribution in [3.8, 4) is 0 Å². The van der Waals surface area contributed by atoms with Gasteiger partial charge in [0.15, 0.2) is 0 Å². The van der Waals surface area contributed by atoms with Crippen LogP contribution in [0.15, 0.2) is 0 Å². The maximum atomic E-state index is 5.70. The van der Waals surface area contributed by atoms with Crippen molar-refractivity contribution < 1.29 is 0 Å². The van der Waals surface area contributed by atoms with Crippen molar-refractivity contribution in [2.75, 3.05) is 0 Å². The molecule has 0 saturated heterocycles. The van der Waals surface area contributed by atoms with Crippen LogP contribution in [-0.2, 0) is 0 Å². The molecule has 9 heavy (non-hydrogen) atoms. The molecule has 5 N–H and O–H groups in total. The molecule has 1 fully saturated rings. The third-order valence-corrected chi connectivity index (χ3v) is 2.06. The van der Waals surface area contributed by atoms with Gasteiger partial charge in [0.05, 0.1) is 0 Å². The van der Waals surface area contributed by atoms with Gasteiger partial charge in [0, 0.05) is 6.04 Å². The first-order chi connectivity index (χ1) is 3.79. The lowest BCUT2D eigenvalue weighted by atomic mass is 9.88. The summed E-state index contributed by atoms with van der Waals surface area (Å²) in [4.78, 5) is 0. The first-order valence-corrected chi connectivity index (χ1v) is 3.54. The average molecular weight is 130 g/mol. The van der Waals surface area contributed by atoms with E-state index in [0.29, 0.717) is 6.04 Å². The highest BCUT2D eigenvalue weighted by Crippen LogP contribution is 2.21. The van der Waals surface area contributed by atoms with E-state index in [1.165, 1.54) is 25.7 Å². The highest BCUT2D eigenvalue weighted by atomic mass is 14.6. The summed E-state index contributed by atoms with van der Waals surface area (Å²) >= 11 is 0. The molecule has 0 aromatic rings. The van der Waals surface area contributed by atoms with Crippen LogP contribution in [-0.4, -0.2) is 6.04 Å². The second-order valence-corrected chi connectivity index (χ2v) is 3.02. The lowest BCUT2D eigenvalue weighted by Crippen LogP contribution is -2.25. The first-order valence-electron chi connectivity index (χ1n) is 3.54. The van der Waals surface area contributed by atoms with Crippen LogP contribution in [0.3, 0.4) is 0 Å². The monoisotopic (exact) mass is 130 g/mol. The van der Waals surface area contributed by atoms with Gasteiger partial charge in [0.2, 0.25) is 0 Å². The number of rotatable bonds is 0. The Kier molecular flexibility index (Phi) is 3.82. The summed E-state index contributed by atoms with van der Waals surface area (Å²) in [6.07, 6.45) is 5.20. The summed E-state index contributed by atoms with van der Waals surface area (Å²) in [7, 11) is 0. The first kappa shape index (κ1) is 8.92. The minimum Gasteiger partial charge on any atom is -0.344 e. The number of hydrogen-bond acceptors (Lipinski definition) is 2. The summed E-state index contributed by atoms with van der Waals surface area (Å²) in [5.74, 6) is 0.940. The van der Waals surface area contributed by atoms with E-state index in [2.05, 4.69) is 6.92 Å². The molecule has 2 heteroatoms. The Balaban J connectivity index is 0.000000640. The molecule has 2 nitrogen and oxygen atoms in total. The molecule has 0 heterocycles. The van der Waals surface area contributed by atoms with Crippen LogP contribution in [0.1, 0.15) is 32.6 Å². The van der Waals surface area contributed by atoms with Gasteiger partial charge in [0.25, 0.3) is 0 Å². The van der Waals surface area contributed by atoms with Gasteiger partial charge in [-0.05, 0) is 31.6 Å². The predicted octanol–water partition coefficient (Wildman–Crippen LogP) is 1.69. The van der Waals surface area contributed by atoms with Gasteiger partial charge >= 0.3 is 0 Å². The van der Waals surface area contributed by atoms with E-state index in [1.807, 2.05) is 0 Å². The third-order valence-electron chi connectivity index (χ3n) is 2.06. The molecule has 56 valence electrons. The zero-order valence-electron chi connectivity index (χ0n) is 6.27. The largest absolute Gasteiger partial charge is 0.344 e. The van der Waals surface area contributed by atoms with Crippen molar-refractivity contribution in [3.63, 3.8) is 0 Å². The maximum Gasteiger partial charge on any atom is 0.00390 e. The molecule has 0 bridgehead atoms. The normalized spacial score (nSPS) is 35.3. The fourth-order valence-corrected chi connectivity index (χ4v) is 1.29. The molecule has 0 aromatic carbocycles. The van der Waals surface area contributed by atoms with Crippen LogP contribution >= 0.6 is 0 Å². The predicted molar refractivity (Wildman–Crippen MR) is 40.6 cm³/mol. The van der Waals surface area contributed by atoms with Crippen LogP contribution in [0.4, 0.5) is 0 Å². The van der Waals surface area contributed by atoms with Gasteiger partial charge in [-0.1, -0.05) is 6.92 Å². The second-order valence-electron chi connectivity index (χ2n) is 3.02. The average Bonchev–Trinajstić information content (AvgIpc) is 1.77. The fraction of sp³-hybridized carbons (Fsp3) is 1.00. The highest BCUT2D eigenvalue weighted by Gasteiger charge is 2.13. The summed E-state index contributed by atoms with van der Waals surface area (Å²) in [6, 6.07) is 0.520. The molecule has 0 unspecified atom stereocenters. The quantitative estimate of drug-likeness (QED) is 0.524. The summed E-state index contributed by atoms with van der Waals surface area (Å²) in [5.41, 5.74) is 5.70. The van der Waals surface area contributed by atoms with E-state index >= 15 is 0 Å². The molecule has 1 saturated carbocycles. The molecular formula is C7H18N2. The fourth-order valence-electron chi connectivity index (χ4n) is 1.29. The third kappa shape index (κ3) is 2.82. The number of hydrogen-bond donors (Lipinski definition) is 2. The van der Waals surface area contributed by atoms with E-state index < -0.39 is 0 Å². The van der Waals surface area contributed by atoms with Gasteiger partial charge < -0.3 is 11.9 Å². The van der Waals surface area contributed by atoms with Crippen LogP contribution in [0.2, 0.25) is 0 Å². The molecular weight excluding hydrogens is 112 g/mol. The van der Waals surface area contributed by atoms with Crippen molar-refractivity contribution in [2.45, 2.75) is 38.6 Å². The Labute approximate surface area is 57.4 Å². The molecule has 1 rings (SSSR count). The van der Waals surface area contributed by atoms with Gasteiger partial charge in [-0.3, -0.25) is 0 Å². The smallest absolute Gasteiger partial charge is 0.00390 e. The number of nitrogens with two attached hydrogens (primary N) is 1. The van der Waals surface area contributed by atoms with Crippen molar-refractivity contribution >= 4 is 0 Å². The Morgan fingerprint density at radius 2 is 1.56 bits per heavy atom. The molecule has 0 atom stereocenters. The van der Waals surface area contributed by atoms with Gasteiger partial charge in [-0.2, -0.15) is 0 Å². The van der Waals surface area contributed by atoms with Crippen LogP contribution in [0.25, 0.3) is 0 Å². The van der Waals surface area contributed by atoms with E-state index in [-0.39, 0.29) is 6.15 Å². The van der Waals surface area contributed by atoms with Gasteiger partial charge in [-0.25, -0.2) is 0 Å². The zero-order valence-corrected chi connectivity index (χ0v) is 6.27. The molecule has 1 aliphatic rings. The highest BCUT2D eigenvalue weighted by molar-refractivity contribution is 4.70. The van der Waals surface area contributed by atoms with E-state index in [9.17, 15) is 0 Å². The molecule has 0 spiro atoms. The summed E-state index contributed by atoms with van der Waals surface area (Å²) in [6.45, 7) is 2.31. The Hall–Kier alpha value is -0.0800. The Bertz CT molecular complexity index is 55.3. The molecule has 0 aliphatic heterocycles. The Morgan fingerprint density at radius 1 is 1.11 bits per heavy atom. The Morgan fingerprint density at radius 3 is 1.89 bits per heavy atom. The summed E-state index contributed by atoms with van der Waals surface area (Å²) < 4.78 is 0. The maximum absolute atomic E-state index is 5.70. The second kappa shape index (κ2) is 3.85. The van der Waals surface area contributed by atoms with Gasteiger partial charge in [0.1, 0.15) is 0 Å². The van der Waals surface area contributed by atoms with Crippen LogP contribution < -0.4 is 11.9 Å². The zero-order chi connectivity index (χ0) is 5.98. The van der Waals surface area contributed by atoms with Crippen molar-refractivity contribution in [3.05, 3.63) is 0 Å². The van der Waals surface area contributed by atoms with E-state index in [0.717, 1.165) is 5.92 Å². The minimum absolute atomic E-state index is 0. The van der Waals surface area contributed by atoms with E-state index in [4.69, 9.17) is 5.73 Å². The lowest BCUT2D eigenvalue weighted by Gasteiger charge is -2.22. The van der Waals surface area contributed by atoms with Crippen LogP contribution in [0, 0.1) is 5.92 Å². The molecule has 1 aliphatic carbocycles. The SMILES string of the molecule is CC1CCC(N)CC1.N. The van der Waals surface area contributed by atoms with Crippen molar-refractivity contribution in [1.82, 2.24) is 6.15 Å². The van der Waals surface area contributed by atoms with E-state index in [1.54, 1.807) is 0 Å². The minimum atomic E-state index is 0. The lowest BCUT2D eigenvalue weighted by molar-refractivity contribution is 0.348. The topological polar surface area (TPSA) is 61.0 Å². The van der Waals surface area contributed by atoms with Crippen molar-refractivity contribution in [2.24, 2.45) is 11.7 Å². The van der Waals surface area contributed by atoms with Gasteiger partial charge in [-0.15, -0.1) is 0 Å².